The van der Waals surface area contributed by atoms with E-state index in [1.54, 1.807) is 0 Å². The van der Waals surface area contributed by atoms with Gasteiger partial charge in [0, 0.05) is 19.0 Å². The van der Waals surface area contributed by atoms with Gasteiger partial charge in [-0.15, -0.1) is 0 Å². The maximum Gasteiger partial charge on any atom is 0.134 e. The van der Waals surface area contributed by atoms with Gasteiger partial charge in [-0.25, -0.2) is 9.97 Å². The molecule has 1 aliphatic heterocycles. The Hall–Kier alpha value is -0.680. The highest BCUT2D eigenvalue weighted by molar-refractivity contribution is 9.10. The first-order chi connectivity index (χ1) is 8.03. The molecule has 0 aliphatic carbocycles. The van der Waals surface area contributed by atoms with Crippen LogP contribution in [0.4, 0.5) is 5.82 Å². The van der Waals surface area contributed by atoms with Crippen LogP contribution >= 0.6 is 15.9 Å². The Labute approximate surface area is 111 Å². The van der Waals surface area contributed by atoms with Crippen LogP contribution in [0.15, 0.2) is 10.7 Å². The molecular weight excluding hydrogens is 282 g/mol. The summed E-state index contributed by atoms with van der Waals surface area (Å²) in [6, 6.07) is 1.98. The minimum Gasteiger partial charge on any atom is -0.377 e. The fourth-order valence-corrected chi connectivity index (χ4v) is 2.44. The van der Waals surface area contributed by atoms with E-state index in [0.717, 1.165) is 42.4 Å². The second-order valence-electron chi connectivity index (χ2n) is 4.84. The van der Waals surface area contributed by atoms with Crippen molar-refractivity contribution in [1.29, 1.82) is 0 Å². The van der Waals surface area contributed by atoms with Crippen molar-refractivity contribution in [2.45, 2.75) is 32.7 Å². The molecule has 0 N–H and O–H groups in total. The zero-order valence-corrected chi connectivity index (χ0v) is 12.1. The van der Waals surface area contributed by atoms with Crippen LogP contribution in [0, 0.1) is 0 Å². The second kappa shape index (κ2) is 4.90. The number of rotatable bonds is 2. The van der Waals surface area contributed by atoms with E-state index < -0.39 is 0 Å². The number of aryl methyl sites for hydroxylation is 1. The minimum atomic E-state index is -0.0168. The molecule has 1 aromatic rings. The van der Waals surface area contributed by atoms with E-state index in [1.807, 2.05) is 6.07 Å². The molecule has 94 valence electrons. The molecule has 0 amide bonds. The van der Waals surface area contributed by atoms with Gasteiger partial charge in [0.15, 0.2) is 0 Å². The molecule has 0 saturated carbocycles. The predicted octanol–water partition coefficient (Wildman–Crippen LogP) is 2.42. The zero-order chi connectivity index (χ0) is 12.5. The summed E-state index contributed by atoms with van der Waals surface area (Å²) in [5, 5.41) is 0. The number of hydrogen-bond donors (Lipinski definition) is 0. The molecule has 1 aromatic heterocycles. The Morgan fingerprint density at radius 1 is 1.47 bits per heavy atom. The molecule has 5 heteroatoms. The molecule has 0 bridgehead atoms. The fourth-order valence-electron chi connectivity index (χ4n) is 2.03. The van der Waals surface area contributed by atoms with E-state index in [9.17, 15) is 0 Å². The van der Waals surface area contributed by atoms with Crippen molar-refractivity contribution in [3.63, 3.8) is 0 Å². The Bertz CT molecular complexity index is 409. The van der Waals surface area contributed by atoms with Gasteiger partial charge >= 0.3 is 0 Å². The highest BCUT2D eigenvalue weighted by Crippen LogP contribution is 2.26. The Balaban J connectivity index is 2.35. The molecule has 1 aliphatic rings. The summed E-state index contributed by atoms with van der Waals surface area (Å²) in [5.41, 5.74) is -0.0168. The van der Waals surface area contributed by atoms with Crippen molar-refractivity contribution in [1.82, 2.24) is 9.97 Å². The van der Waals surface area contributed by atoms with Crippen LogP contribution in [0.3, 0.4) is 0 Å². The van der Waals surface area contributed by atoms with E-state index in [0.29, 0.717) is 0 Å². The molecule has 2 rings (SSSR count). The standard InChI is InChI=1S/C12H18BrN3O/c1-4-10-14-9(13)7-11(15-10)16-5-6-17-8-12(16,2)3/h7H,4-6,8H2,1-3H3. The number of hydrogen-bond acceptors (Lipinski definition) is 4. The highest BCUT2D eigenvalue weighted by Gasteiger charge is 2.31. The number of morpholine rings is 1. The third-order valence-electron chi connectivity index (χ3n) is 2.97. The fraction of sp³-hybridized carbons (Fsp3) is 0.667. The predicted molar refractivity (Wildman–Crippen MR) is 71.4 cm³/mol. The maximum absolute atomic E-state index is 5.53. The zero-order valence-electron chi connectivity index (χ0n) is 10.5. The second-order valence-corrected chi connectivity index (χ2v) is 5.65. The SMILES string of the molecule is CCc1nc(Br)cc(N2CCOCC2(C)C)n1. The van der Waals surface area contributed by atoms with Gasteiger partial charge in [0.25, 0.3) is 0 Å². The van der Waals surface area contributed by atoms with E-state index in [4.69, 9.17) is 4.74 Å². The van der Waals surface area contributed by atoms with Gasteiger partial charge in [-0.05, 0) is 29.8 Å². The Morgan fingerprint density at radius 3 is 2.88 bits per heavy atom. The normalized spacial score (nSPS) is 19.4. The minimum absolute atomic E-state index is 0.0168. The van der Waals surface area contributed by atoms with E-state index in [1.165, 1.54) is 0 Å². The average molecular weight is 300 g/mol. The Morgan fingerprint density at radius 2 is 2.24 bits per heavy atom. The van der Waals surface area contributed by atoms with Crippen molar-refractivity contribution < 1.29 is 4.74 Å². The van der Waals surface area contributed by atoms with Crippen molar-refractivity contribution >= 4 is 21.7 Å². The molecule has 0 atom stereocenters. The summed E-state index contributed by atoms with van der Waals surface area (Å²) in [4.78, 5) is 11.2. The number of halogens is 1. The van der Waals surface area contributed by atoms with E-state index in [-0.39, 0.29) is 5.54 Å². The summed E-state index contributed by atoms with van der Waals surface area (Å²) >= 11 is 3.45. The number of ether oxygens (including phenoxy) is 1. The van der Waals surface area contributed by atoms with Crippen LogP contribution in [0.25, 0.3) is 0 Å². The van der Waals surface area contributed by atoms with Crippen LogP contribution in [0.1, 0.15) is 26.6 Å². The van der Waals surface area contributed by atoms with Gasteiger partial charge in [-0.3, -0.25) is 0 Å². The Kier molecular flexibility index (Phi) is 3.68. The lowest BCUT2D eigenvalue weighted by Crippen LogP contribution is -2.53. The van der Waals surface area contributed by atoms with E-state index >= 15 is 0 Å². The number of anilines is 1. The summed E-state index contributed by atoms with van der Waals surface area (Å²) in [7, 11) is 0. The van der Waals surface area contributed by atoms with Gasteiger partial charge in [-0.2, -0.15) is 0 Å². The molecular formula is C12H18BrN3O. The largest absolute Gasteiger partial charge is 0.377 e. The van der Waals surface area contributed by atoms with Gasteiger partial charge < -0.3 is 9.64 Å². The van der Waals surface area contributed by atoms with Crippen LogP contribution < -0.4 is 4.90 Å². The lowest BCUT2D eigenvalue weighted by atomic mass is 10.0. The van der Waals surface area contributed by atoms with Crippen LogP contribution in [0.5, 0.6) is 0 Å². The van der Waals surface area contributed by atoms with Crippen LogP contribution in [-0.2, 0) is 11.2 Å². The quantitative estimate of drug-likeness (QED) is 0.786. The summed E-state index contributed by atoms with van der Waals surface area (Å²) < 4.78 is 6.38. The molecule has 17 heavy (non-hydrogen) atoms. The topological polar surface area (TPSA) is 38.2 Å². The molecule has 2 heterocycles. The van der Waals surface area contributed by atoms with Gasteiger partial charge in [0.1, 0.15) is 16.2 Å². The van der Waals surface area contributed by atoms with Crippen LogP contribution in [0.2, 0.25) is 0 Å². The van der Waals surface area contributed by atoms with Crippen molar-refractivity contribution in [2.75, 3.05) is 24.7 Å². The first-order valence-electron chi connectivity index (χ1n) is 5.92. The van der Waals surface area contributed by atoms with Crippen molar-refractivity contribution in [3.05, 3.63) is 16.5 Å². The third-order valence-corrected chi connectivity index (χ3v) is 3.37. The van der Waals surface area contributed by atoms with Gasteiger partial charge in [-0.1, -0.05) is 6.92 Å². The summed E-state index contributed by atoms with van der Waals surface area (Å²) in [5.74, 6) is 1.86. The molecule has 1 fully saturated rings. The van der Waals surface area contributed by atoms with Gasteiger partial charge in [0.05, 0.1) is 18.8 Å². The number of aromatic nitrogens is 2. The lowest BCUT2D eigenvalue weighted by molar-refractivity contribution is 0.0638. The van der Waals surface area contributed by atoms with Crippen molar-refractivity contribution in [3.8, 4) is 0 Å². The molecule has 0 radical (unpaired) electrons. The number of nitrogens with zero attached hydrogens (tertiary/aromatic N) is 3. The monoisotopic (exact) mass is 299 g/mol. The van der Waals surface area contributed by atoms with Gasteiger partial charge in [0.2, 0.25) is 0 Å². The molecule has 4 nitrogen and oxygen atoms in total. The maximum atomic E-state index is 5.53. The molecule has 1 saturated heterocycles. The summed E-state index contributed by atoms with van der Waals surface area (Å²) in [6.07, 6.45) is 0.844. The van der Waals surface area contributed by atoms with Crippen LogP contribution in [-0.4, -0.2) is 35.3 Å². The lowest BCUT2D eigenvalue weighted by Gasteiger charge is -2.43. The van der Waals surface area contributed by atoms with Crippen molar-refractivity contribution in [2.24, 2.45) is 0 Å². The molecule has 0 aromatic carbocycles. The summed E-state index contributed by atoms with van der Waals surface area (Å²) in [6.45, 7) is 8.78. The average Bonchev–Trinajstić information content (AvgIpc) is 2.27. The first kappa shape index (κ1) is 12.8. The molecule has 0 spiro atoms. The van der Waals surface area contributed by atoms with E-state index in [2.05, 4.69) is 51.6 Å². The molecule has 0 unspecified atom stereocenters. The third kappa shape index (κ3) is 2.77. The first-order valence-corrected chi connectivity index (χ1v) is 6.71. The smallest absolute Gasteiger partial charge is 0.134 e. The highest BCUT2D eigenvalue weighted by atomic mass is 79.9.